The molecule has 1 aromatic heterocycles. The minimum absolute atomic E-state index is 0.116. The second kappa shape index (κ2) is 17.4. The van der Waals surface area contributed by atoms with E-state index in [1.54, 1.807) is 6.20 Å². The van der Waals surface area contributed by atoms with Crippen molar-refractivity contribution in [1.29, 1.82) is 0 Å². The molecule has 2 aromatic carbocycles. The average molecular weight is 608 g/mol. The number of nitrogens with two attached hydrogens (primary N) is 1. The van der Waals surface area contributed by atoms with E-state index in [-0.39, 0.29) is 31.0 Å². The highest BCUT2D eigenvalue weighted by molar-refractivity contribution is 5.93. The lowest BCUT2D eigenvalue weighted by Gasteiger charge is -2.22. The first-order valence-corrected chi connectivity index (χ1v) is 15.0. The van der Waals surface area contributed by atoms with Crippen molar-refractivity contribution in [3.05, 3.63) is 76.0 Å². The van der Waals surface area contributed by atoms with E-state index in [0.29, 0.717) is 12.0 Å². The number of primary amides is 1. The standard InChI is InChI=1S/C32H41N5O7/c1-2-3-4-5-6-7-8-13-30(39)35-27(18-23-20-34-26-12-10-9-11-25(23)26)31(40)36-28(19-29(33)38)32(41)44-21-22-14-16-24(17-15-22)37(42)43/h9-12,14-17,20,27-28,34H,2-8,13,18-19,21H2,1H3,(H2,33,38)(H,35,39)(H,36,40)/t27-,28+/m0/s1. The molecule has 0 saturated carbocycles. The van der Waals surface area contributed by atoms with E-state index in [9.17, 15) is 29.3 Å². The molecule has 0 saturated heterocycles. The van der Waals surface area contributed by atoms with Gasteiger partial charge >= 0.3 is 5.97 Å². The predicted molar refractivity (Wildman–Crippen MR) is 165 cm³/mol. The lowest BCUT2D eigenvalue weighted by Crippen LogP contribution is -2.53. The maximum absolute atomic E-state index is 13.5. The van der Waals surface area contributed by atoms with Gasteiger partial charge in [0.25, 0.3) is 5.69 Å². The molecular weight excluding hydrogens is 566 g/mol. The Balaban J connectivity index is 1.68. The Hall–Kier alpha value is -4.74. The normalized spacial score (nSPS) is 12.3. The summed E-state index contributed by atoms with van der Waals surface area (Å²) in [4.78, 5) is 64.6. The van der Waals surface area contributed by atoms with Crippen LogP contribution in [0.2, 0.25) is 0 Å². The van der Waals surface area contributed by atoms with E-state index >= 15 is 0 Å². The summed E-state index contributed by atoms with van der Waals surface area (Å²) in [6.07, 6.45) is 8.98. The van der Waals surface area contributed by atoms with E-state index in [4.69, 9.17) is 10.5 Å². The summed E-state index contributed by atoms with van der Waals surface area (Å²) in [5.74, 6) is -2.69. The van der Waals surface area contributed by atoms with Gasteiger partial charge in [0.2, 0.25) is 17.7 Å². The van der Waals surface area contributed by atoms with Gasteiger partial charge < -0.3 is 26.1 Å². The van der Waals surface area contributed by atoms with Gasteiger partial charge in [-0.25, -0.2) is 4.79 Å². The largest absolute Gasteiger partial charge is 0.459 e. The molecule has 0 bridgehead atoms. The summed E-state index contributed by atoms with van der Waals surface area (Å²) in [6, 6.07) is 10.5. The number of non-ortho nitro benzene ring substituents is 1. The number of esters is 1. The number of aromatic amines is 1. The van der Waals surface area contributed by atoms with E-state index in [1.807, 2.05) is 24.3 Å². The quantitative estimate of drug-likeness (QED) is 0.0675. The summed E-state index contributed by atoms with van der Waals surface area (Å²) in [5, 5.41) is 17.1. The predicted octanol–water partition coefficient (Wildman–Crippen LogP) is 4.35. The zero-order valence-corrected chi connectivity index (χ0v) is 25.0. The van der Waals surface area contributed by atoms with Crippen molar-refractivity contribution in [1.82, 2.24) is 15.6 Å². The summed E-state index contributed by atoms with van der Waals surface area (Å²) in [6.45, 7) is 1.92. The molecule has 12 heteroatoms. The molecule has 0 aliphatic rings. The number of aromatic nitrogens is 1. The first-order chi connectivity index (χ1) is 21.2. The van der Waals surface area contributed by atoms with Crippen LogP contribution in [0, 0.1) is 10.1 Å². The van der Waals surface area contributed by atoms with Crippen molar-refractivity contribution in [2.75, 3.05) is 0 Å². The van der Waals surface area contributed by atoms with Gasteiger partial charge in [0, 0.05) is 42.1 Å². The number of nitro benzene ring substituents is 1. The number of fused-ring (bicyclic) bond motifs is 1. The summed E-state index contributed by atoms with van der Waals surface area (Å²) < 4.78 is 5.29. The maximum atomic E-state index is 13.5. The second-order valence-corrected chi connectivity index (χ2v) is 10.8. The molecule has 2 atom stereocenters. The van der Waals surface area contributed by atoms with Crippen LogP contribution in [-0.4, -0.2) is 45.7 Å². The number of nitrogens with zero attached hydrogens (tertiary/aromatic N) is 1. The fourth-order valence-corrected chi connectivity index (χ4v) is 4.87. The van der Waals surface area contributed by atoms with Gasteiger partial charge in [0.1, 0.15) is 18.7 Å². The minimum Gasteiger partial charge on any atom is -0.459 e. The van der Waals surface area contributed by atoms with E-state index in [1.165, 1.54) is 43.5 Å². The highest BCUT2D eigenvalue weighted by Crippen LogP contribution is 2.20. The SMILES string of the molecule is CCCCCCCCCC(=O)N[C@@H](Cc1c[nH]c2ccccc12)C(=O)N[C@H](CC(N)=O)C(=O)OCc1ccc([N+](=O)[O-])cc1. The number of amides is 3. The molecule has 0 aliphatic heterocycles. The second-order valence-electron chi connectivity index (χ2n) is 10.8. The van der Waals surface area contributed by atoms with Crippen molar-refractivity contribution in [3.63, 3.8) is 0 Å². The molecule has 12 nitrogen and oxygen atoms in total. The van der Waals surface area contributed by atoms with Gasteiger partial charge in [0.15, 0.2) is 0 Å². The van der Waals surface area contributed by atoms with Gasteiger partial charge in [-0.15, -0.1) is 0 Å². The van der Waals surface area contributed by atoms with Crippen molar-refractivity contribution < 1.29 is 28.8 Å². The molecule has 3 aromatic rings. The summed E-state index contributed by atoms with van der Waals surface area (Å²) >= 11 is 0. The van der Waals surface area contributed by atoms with Crippen LogP contribution in [0.25, 0.3) is 10.9 Å². The van der Waals surface area contributed by atoms with E-state index in [0.717, 1.165) is 35.7 Å². The number of rotatable bonds is 19. The Kier molecular flexibility index (Phi) is 13.3. The van der Waals surface area contributed by atoms with Crippen LogP contribution in [0.15, 0.2) is 54.7 Å². The van der Waals surface area contributed by atoms with Gasteiger partial charge in [-0.05, 0) is 35.7 Å². The van der Waals surface area contributed by atoms with Crippen LogP contribution in [0.5, 0.6) is 0 Å². The van der Waals surface area contributed by atoms with Crippen molar-refractivity contribution >= 4 is 40.3 Å². The van der Waals surface area contributed by atoms with Crippen LogP contribution >= 0.6 is 0 Å². The Morgan fingerprint density at radius 3 is 2.30 bits per heavy atom. The molecule has 0 radical (unpaired) electrons. The van der Waals surface area contributed by atoms with Crippen molar-refractivity contribution in [2.45, 2.75) is 89.8 Å². The molecule has 5 N–H and O–H groups in total. The molecule has 0 spiro atoms. The van der Waals surface area contributed by atoms with E-state index < -0.39 is 41.2 Å². The molecule has 0 fully saturated rings. The number of unbranched alkanes of at least 4 members (excludes halogenated alkanes) is 6. The Morgan fingerprint density at radius 1 is 0.932 bits per heavy atom. The summed E-state index contributed by atoms with van der Waals surface area (Å²) in [5.41, 5.74) is 7.39. The third-order valence-corrected chi connectivity index (χ3v) is 7.29. The molecule has 0 unspecified atom stereocenters. The first kappa shape index (κ1) is 33.8. The number of H-pyrrole nitrogens is 1. The Bertz CT molecular complexity index is 1420. The number of para-hydroxylation sites is 1. The van der Waals surface area contributed by atoms with Crippen molar-refractivity contribution in [3.8, 4) is 0 Å². The smallest absolute Gasteiger partial charge is 0.329 e. The van der Waals surface area contributed by atoms with Crippen LogP contribution in [0.1, 0.15) is 75.8 Å². The maximum Gasteiger partial charge on any atom is 0.329 e. The number of carbonyl (C=O) groups is 4. The lowest BCUT2D eigenvalue weighted by molar-refractivity contribution is -0.384. The number of hydrogen-bond donors (Lipinski definition) is 4. The number of nitrogens with one attached hydrogen (secondary N) is 3. The lowest BCUT2D eigenvalue weighted by atomic mass is 10.0. The molecule has 3 rings (SSSR count). The van der Waals surface area contributed by atoms with Gasteiger partial charge in [-0.3, -0.25) is 24.5 Å². The molecule has 3 amide bonds. The van der Waals surface area contributed by atoms with Crippen LogP contribution in [0.4, 0.5) is 5.69 Å². The molecule has 236 valence electrons. The molecule has 0 aliphatic carbocycles. The van der Waals surface area contributed by atoms with Gasteiger partial charge in [0.05, 0.1) is 11.3 Å². The summed E-state index contributed by atoms with van der Waals surface area (Å²) in [7, 11) is 0. The number of benzene rings is 2. The molecule has 44 heavy (non-hydrogen) atoms. The van der Waals surface area contributed by atoms with E-state index in [2.05, 4.69) is 22.5 Å². The van der Waals surface area contributed by atoms with Crippen LogP contribution in [-0.2, 0) is 36.9 Å². The Morgan fingerprint density at radius 2 is 1.61 bits per heavy atom. The first-order valence-electron chi connectivity index (χ1n) is 15.0. The molecular formula is C32H41N5O7. The Labute approximate surface area is 256 Å². The van der Waals surface area contributed by atoms with Crippen LogP contribution < -0.4 is 16.4 Å². The fourth-order valence-electron chi connectivity index (χ4n) is 4.87. The fraction of sp³-hybridized carbons (Fsp3) is 0.438. The minimum atomic E-state index is -1.40. The average Bonchev–Trinajstić information content (AvgIpc) is 3.41. The number of hydrogen-bond acceptors (Lipinski definition) is 7. The topological polar surface area (TPSA) is 187 Å². The third kappa shape index (κ3) is 10.8. The monoisotopic (exact) mass is 607 g/mol. The third-order valence-electron chi connectivity index (χ3n) is 7.29. The number of ether oxygens (including phenoxy) is 1. The van der Waals surface area contributed by atoms with Gasteiger partial charge in [-0.2, -0.15) is 0 Å². The highest BCUT2D eigenvalue weighted by atomic mass is 16.6. The zero-order chi connectivity index (χ0) is 31.9. The van der Waals surface area contributed by atoms with Gasteiger partial charge in [-0.1, -0.05) is 63.6 Å². The number of carbonyl (C=O) groups excluding carboxylic acids is 4. The number of nitro groups is 1. The zero-order valence-electron chi connectivity index (χ0n) is 25.0. The molecule has 1 heterocycles. The highest BCUT2D eigenvalue weighted by Gasteiger charge is 2.29. The van der Waals surface area contributed by atoms with Crippen molar-refractivity contribution in [2.24, 2.45) is 5.73 Å². The van der Waals surface area contributed by atoms with Crippen LogP contribution in [0.3, 0.4) is 0 Å².